The average Bonchev–Trinajstić information content (AvgIpc) is 2.85. The second-order valence-corrected chi connectivity index (χ2v) is 5.73. The number of carbonyl (C=O) groups excluding carboxylic acids is 1. The lowest BCUT2D eigenvalue weighted by Crippen LogP contribution is -2.56. The Morgan fingerprint density at radius 3 is 3.05 bits per heavy atom. The third-order valence-corrected chi connectivity index (χ3v) is 4.10. The van der Waals surface area contributed by atoms with E-state index in [0.717, 1.165) is 57.0 Å². The summed E-state index contributed by atoms with van der Waals surface area (Å²) in [7, 11) is 0. The normalized spacial score (nSPS) is 24.0. The predicted octanol–water partition coefficient (Wildman–Crippen LogP) is 0.801. The van der Waals surface area contributed by atoms with Gasteiger partial charge >= 0.3 is 0 Å². The topological polar surface area (TPSA) is 61.6 Å². The number of aromatic nitrogens is 1. The van der Waals surface area contributed by atoms with E-state index in [1.807, 2.05) is 17.9 Å². The van der Waals surface area contributed by atoms with Crippen molar-refractivity contribution in [3.8, 4) is 0 Å². The van der Waals surface area contributed by atoms with E-state index in [-0.39, 0.29) is 18.3 Å². The molecule has 2 aliphatic rings. The molecule has 2 fully saturated rings. The van der Waals surface area contributed by atoms with E-state index in [2.05, 4.69) is 15.4 Å². The van der Waals surface area contributed by atoms with E-state index in [9.17, 15) is 4.79 Å². The van der Waals surface area contributed by atoms with Crippen LogP contribution in [0.5, 0.6) is 0 Å². The third-order valence-electron chi connectivity index (χ3n) is 4.10. The van der Waals surface area contributed by atoms with E-state index in [1.165, 1.54) is 0 Å². The molecule has 1 unspecified atom stereocenters. The lowest BCUT2D eigenvalue weighted by molar-refractivity contribution is -0.135. The molecule has 0 aromatic carbocycles. The van der Waals surface area contributed by atoms with Crippen molar-refractivity contribution in [3.63, 3.8) is 0 Å². The van der Waals surface area contributed by atoms with Gasteiger partial charge in [-0.1, -0.05) is 5.16 Å². The largest absolute Gasteiger partial charge is 0.360 e. The Bertz CT molecular complexity index is 479. The van der Waals surface area contributed by atoms with Crippen LogP contribution in [-0.2, 0) is 11.3 Å². The van der Waals surface area contributed by atoms with Crippen molar-refractivity contribution in [3.05, 3.63) is 17.5 Å². The molecule has 1 amide bonds. The maximum Gasteiger partial charge on any atom is 0.236 e. The number of hydrogen-bond acceptors (Lipinski definition) is 5. The Morgan fingerprint density at radius 2 is 2.33 bits per heavy atom. The second-order valence-electron chi connectivity index (χ2n) is 5.73. The van der Waals surface area contributed by atoms with Crippen molar-refractivity contribution in [2.45, 2.75) is 32.4 Å². The van der Waals surface area contributed by atoms with Crippen molar-refractivity contribution in [2.24, 2.45) is 0 Å². The molecule has 1 aromatic rings. The molecule has 2 aliphatic heterocycles. The number of nitrogens with one attached hydrogen (secondary N) is 1. The number of piperidine rings is 1. The van der Waals surface area contributed by atoms with Crippen LogP contribution < -0.4 is 5.32 Å². The quantitative estimate of drug-likeness (QED) is 0.894. The third kappa shape index (κ3) is 3.96. The minimum absolute atomic E-state index is 0. The van der Waals surface area contributed by atoms with E-state index in [0.29, 0.717) is 12.6 Å². The maximum atomic E-state index is 12.0. The van der Waals surface area contributed by atoms with E-state index < -0.39 is 0 Å². The van der Waals surface area contributed by atoms with Crippen molar-refractivity contribution in [1.82, 2.24) is 20.3 Å². The van der Waals surface area contributed by atoms with Gasteiger partial charge in [-0.05, 0) is 26.3 Å². The van der Waals surface area contributed by atoms with Gasteiger partial charge in [-0.25, -0.2) is 0 Å². The molecule has 6 nitrogen and oxygen atoms in total. The van der Waals surface area contributed by atoms with Crippen LogP contribution in [0, 0.1) is 6.92 Å². The van der Waals surface area contributed by atoms with Gasteiger partial charge in [0.05, 0.1) is 18.8 Å². The minimum atomic E-state index is 0. The van der Waals surface area contributed by atoms with Gasteiger partial charge in [-0.15, -0.1) is 12.4 Å². The molecule has 0 bridgehead atoms. The summed E-state index contributed by atoms with van der Waals surface area (Å²) >= 11 is 0. The van der Waals surface area contributed by atoms with Crippen LogP contribution in [0.1, 0.15) is 24.3 Å². The number of likely N-dealkylation sites (tertiary alicyclic amines) is 1. The highest BCUT2D eigenvalue weighted by Gasteiger charge is 2.30. The fraction of sp³-hybridized carbons (Fsp3) is 0.714. The van der Waals surface area contributed by atoms with Crippen molar-refractivity contribution >= 4 is 18.3 Å². The molecule has 0 spiro atoms. The molecular formula is C14H23ClN4O2. The van der Waals surface area contributed by atoms with Crippen LogP contribution in [-0.4, -0.2) is 59.6 Å². The zero-order valence-corrected chi connectivity index (χ0v) is 13.2. The van der Waals surface area contributed by atoms with Crippen molar-refractivity contribution in [2.75, 3.05) is 32.7 Å². The molecule has 2 saturated heterocycles. The fourth-order valence-electron chi connectivity index (χ4n) is 3.15. The summed E-state index contributed by atoms with van der Waals surface area (Å²) in [6, 6.07) is 2.34. The van der Waals surface area contributed by atoms with E-state index in [4.69, 9.17) is 4.52 Å². The van der Waals surface area contributed by atoms with Crippen LogP contribution in [0.2, 0.25) is 0 Å². The Morgan fingerprint density at radius 1 is 1.48 bits per heavy atom. The summed E-state index contributed by atoms with van der Waals surface area (Å²) in [6.45, 7) is 6.95. The first-order valence-corrected chi connectivity index (χ1v) is 7.37. The maximum absolute atomic E-state index is 12.0. The minimum Gasteiger partial charge on any atom is -0.360 e. The number of piperazine rings is 1. The number of carbonyl (C=O) groups is 1. The number of amides is 1. The second kappa shape index (κ2) is 7.24. The highest BCUT2D eigenvalue weighted by atomic mass is 35.5. The first-order chi connectivity index (χ1) is 9.72. The molecule has 1 aromatic heterocycles. The van der Waals surface area contributed by atoms with Crippen molar-refractivity contribution in [1.29, 1.82) is 0 Å². The number of rotatable bonds is 3. The lowest BCUT2D eigenvalue weighted by Gasteiger charge is -2.40. The molecule has 21 heavy (non-hydrogen) atoms. The number of aryl methyl sites for hydroxylation is 1. The molecule has 1 N–H and O–H groups in total. The summed E-state index contributed by atoms with van der Waals surface area (Å²) in [4.78, 5) is 16.4. The molecule has 0 radical (unpaired) electrons. The van der Waals surface area contributed by atoms with Gasteiger partial charge in [-0.2, -0.15) is 0 Å². The first kappa shape index (κ1) is 16.3. The summed E-state index contributed by atoms with van der Waals surface area (Å²) < 4.78 is 5.29. The first-order valence-electron chi connectivity index (χ1n) is 7.37. The van der Waals surface area contributed by atoms with Crippen LogP contribution in [0.4, 0.5) is 0 Å². The number of nitrogens with zero attached hydrogens (tertiary/aromatic N) is 3. The zero-order valence-electron chi connectivity index (χ0n) is 12.4. The highest BCUT2D eigenvalue weighted by Crippen LogP contribution is 2.19. The molecule has 0 aliphatic carbocycles. The molecule has 118 valence electrons. The molecule has 3 rings (SSSR count). The molecular weight excluding hydrogens is 292 g/mol. The molecule has 1 atom stereocenters. The van der Waals surface area contributed by atoms with Gasteiger partial charge in [0.1, 0.15) is 0 Å². The van der Waals surface area contributed by atoms with Gasteiger partial charge < -0.3 is 14.7 Å². The van der Waals surface area contributed by atoms with Crippen LogP contribution >= 0.6 is 12.4 Å². The van der Waals surface area contributed by atoms with Crippen LogP contribution in [0.3, 0.4) is 0 Å². The number of hydrogen-bond donors (Lipinski definition) is 1. The standard InChI is InChI=1S/C14H22N4O2.ClH/c1-11-7-13(20-16-11)10-17-5-2-3-12(9-17)18-6-4-15-8-14(18)19;/h7,12,15H,2-6,8-10H2,1H3;1H. The van der Waals surface area contributed by atoms with Crippen LogP contribution in [0.15, 0.2) is 10.6 Å². The van der Waals surface area contributed by atoms with Crippen LogP contribution in [0.25, 0.3) is 0 Å². The molecule has 0 saturated carbocycles. The summed E-state index contributed by atoms with van der Waals surface area (Å²) in [5.74, 6) is 1.15. The average molecular weight is 315 g/mol. The fourth-order valence-corrected chi connectivity index (χ4v) is 3.15. The monoisotopic (exact) mass is 314 g/mol. The zero-order chi connectivity index (χ0) is 13.9. The van der Waals surface area contributed by atoms with Crippen molar-refractivity contribution < 1.29 is 9.32 Å². The Hall–Kier alpha value is -1.11. The summed E-state index contributed by atoms with van der Waals surface area (Å²) in [5, 5.41) is 7.06. The SMILES string of the molecule is Cc1cc(CN2CCCC(N3CCNCC3=O)C2)on1.Cl. The Kier molecular flexibility index (Phi) is 5.61. The van der Waals surface area contributed by atoms with Gasteiger partial charge in [0.2, 0.25) is 5.91 Å². The van der Waals surface area contributed by atoms with Gasteiger partial charge in [-0.3, -0.25) is 9.69 Å². The summed E-state index contributed by atoms with van der Waals surface area (Å²) in [6.07, 6.45) is 2.24. The van der Waals surface area contributed by atoms with E-state index >= 15 is 0 Å². The summed E-state index contributed by atoms with van der Waals surface area (Å²) in [5.41, 5.74) is 0.922. The molecule has 7 heteroatoms. The van der Waals surface area contributed by atoms with E-state index in [1.54, 1.807) is 0 Å². The molecule has 3 heterocycles. The van der Waals surface area contributed by atoms with Gasteiger partial charge in [0.25, 0.3) is 0 Å². The Labute approximate surface area is 131 Å². The van der Waals surface area contributed by atoms with Gasteiger partial charge in [0, 0.05) is 31.7 Å². The Balaban J connectivity index is 0.00000161. The lowest BCUT2D eigenvalue weighted by atomic mass is 10.0. The number of halogens is 1. The van der Waals surface area contributed by atoms with Gasteiger partial charge in [0.15, 0.2) is 5.76 Å². The smallest absolute Gasteiger partial charge is 0.236 e. The highest BCUT2D eigenvalue weighted by molar-refractivity contribution is 5.85. The predicted molar refractivity (Wildman–Crippen MR) is 81.4 cm³/mol.